The predicted molar refractivity (Wildman–Crippen MR) is 35.5 cm³/mol. The first-order chi connectivity index (χ1) is 3.80. The monoisotopic (exact) mass is 136 g/mol. The molecule has 48 valence electrons. The van der Waals surface area contributed by atoms with Crippen molar-refractivity contribution in [3.05, 3.63) is 12.3 Å². The number of likely N-dealkylation sites (N-methyl/N-ethyl adjacent to an activating group) is 1. The molecule has 0 bridgehead atoms. The van der Waals surface area contributed by atoms with Crippen LogP contribution in [0.3, 0.4) is 0 Å². The summed E-state index contributed by atoms with van der Waals surface area (Å²) in [6.07, 6.45) is 4.62. The van der Waals surface area contributed by atoms with Gasteiger partial charge in [0.1, 0.15) is 0 Å². The van der Waals surface area contributed by atoms with E-state index in [1.807, 2.05) is 6.20 Å². The van der Waals surface area contributed by atoms with Crippen molar-refractivity contribution in [3.8, 4) is 0 Å². The van der Waals surface area contributed by atoms with E-state index in [-0.39, 0.29) is 31.0 Å². The average molecular weight is 136 g/mol. The molecule has 1 N–H and O–H groups in total. The Balaban J connectivity index is 0. The smallest absolute Gasteiger partial charge is 1.00 e. The molecular weight excluding hydrogens is 123 g/mol. The van der Waals surface area contributed by atoms with Gasteiger partial charge in [-0.2, -0.15) is 0 Å². The van der Waals surface area contributed by atoms with Crippen LogP contribution in [-0.2, 0) is 0 Å². The van der Waals surface area contributed by atoms with Gasteiger partial charge in [0.05, 0.1) is 6.17 Å². The van der Waals surface area contributed by atoms with Gasteiger partial charge in [-0.05, 0) is 20.2 Å². The van der Waals surface area contributed by atoms with Crippen LogP contribution in [0.15, 0.2) is 12.3 Å². The first-order valence-corrected chi connectivity index (χ1v) is 2.92. The standard InChI is InChI=1S/C6H12N2.Na.H/c1-6-7-4-3-5-8(6)2;;/h3-4,6-7H,5H2,1-2H3;;/q;+1;-1. The maximum atomic E-state index is 3.18. The van der Waals surface area contributed by atoms with Gasteiger partial charge in [0.2, 0.25) is 0 Å². The third kappa shape index (κ3) is 2.72. The quantitative estimate of drug-likeness (QED) is 0.370. The van der Waals surface area contributed by atoms with Gasteiger partial charge >= 0.3 is 29.6 Å². The van der Waals surface area contributed by atoms with E-state index in [0.29, 0.717) is 6.17 Å². The van der Waals surface area contributed by atoms with Crippen LogP contribution in [0.5, 0.6) is 0 Å². The second-order valence-corrected chi connectivity index (χ2v) is 2.18. The summed E-state index contributed by atoms with van der Waals surface area (Å²) < 4.78 is 0. The van der Waals surface area contributed by atoms with Gasteiger partial charge in [-0.15, -0.1) is 0 Å². The summed E-state index contributed by atoms with van der Waals surface area (Å²) in [6.45, 7) is 3.21. The number of rotatable bonds is 0. The van der Waals surface area contributed by atoms with Crippen LogP contribution >= 0.6 is 0 Å². The zero-order valence-corrected chi connectivity index (χ0v) is 8.39. The molecule has 1 unspecified atom stereocenters. The molecule has 0 saturated carbocycles. The molecular formula is C6H13N2Na. The van der Waals surface area contributed by atoms with Crippen molar-refractivity contribution >= 4 is 0 Å². The van der Waals surface area contributed by atoms with E-state index in [1.54, 1.807) is 0 Å². The van der Waals surface area contributed by atoms with E-state index in [4.69, 9.17) is 0 Å². The molecule has 0 aliphatic carbocycles. The van der Waals surface area contributed by atoms with Crippen LogP contribution < -0.4 is 34.9 Å². The molecule has 3 heteroatoms. The Morgan fingerprint density at radius 2 is 2.44 bits per heavy atom. The first kappa shape index (κ1) is 9.50. The van der Waals surface area contributed by atoms with E-state index in [2.05, 4.69) is 30.3 Å². The van der Waals surface area contributed by atoms with Crippen molar-refractivity contribution in [2.75, 3.05) is 13.6 Å². The summed E-state index contributed by atoms with van der Waals surface area (Å²) >= 11 is 0. The third-order valence-electron chi connectivity index (χ3n) is 1.51. The topological polar surface area (TPSA) is 15.3 Å². The average Bonchev–Trinajstić information content (AvgIpc) is 1.77. The molecule has 1 aliphatic heterocycles. The zero-order chi connectivity index (χ0) is 5.98. The van der Waals surface area contributed by atoms with E-state index in [9.17, 15) is 0 Å². The Kier molecular flexibility index (Phi) is 4.58. The van der Waals surface area contributed by atoms with Gasteiger partial charge in [-0.3, -0.25) is 4.90 Å². The van der Waals surface area contributed by atoms with Crippen molar-refractivity contribution in [1.29, 1.82) is 0 Å². The van der Waals surface area contributed by atoms with Crippen LogP contribution in [-0.4, -0.2) is 24.7 Å². The summed E-state index contributed by atoms with van der Waals surface area (Å²) in [5.74, 6) is 0. The largest absolute Gasteiger partial charge is 1.00 e. The third-order valence-corrected chi connectivity index (χ3v) is 1.51. The molecule has 0 aromatic rings. The van der Waals surface area contributed by atoms with Gasteiger partial charge in [-0.1, -0.05) is 6.08 Å². The molecule has 0 spiro atoms. The molecule has 0 aromatic carbocycles. The Labute approximate surface area is 80.1 Å². The maximum Gasteiger partial charge on any atom is 1.00 e. The van der Waals surface area contributed by atoms with Crippen molar-refractivity contribution in [2.24, 2.45) is 0 Å². The molecule has 0 radical (unpaired) electrons. The Morgan fingerprint density at radius 3 is 2.78 bits per heavy atom. The molecule has 9 heavy (non-hydrogen) atoms. The fourth-order valence-corrected chi connectivity index (χ4v) is 0.712. The summed E-state index contributed by atoms with van der Waals surface area (Å²) in [4.78, 5) is 2.24. The number of hydrogen-bond donors (Lipinski definition) is 1. The Hall–Kier alpha value is 0.500. The van der Waals surface area contributed by atoms with Crippen molar-refractivity contribution in [1.82, 2.24) is 10.2 Å². The van der Waals surface area contributed by atoms with Gasteiger partial charge in [0.25, 0.3) is 0 Å². The van der Waals surface area contributed by atoms with Crippen LogP contribution in [0.4, 0.5) is 0 Å². The van der Waals surface area contributed by atoms with Gasteiger partial charge in [-0.25, -0.2) is 0 Å². The summed E-state index contributed by atoms with van der Waals surface area (Å²) in [6, 6.07) is 0. The van der Waals surface area contributed by atoms with Crippen LogP contribution in [0.25, 0.3) is 0 Å². The molecule has 0 aromatic heterocycles. The van der Waals surface area contributed by atoms with Crippen LogP contribution in [0.1, 0.15) is 8.35 Å². The molecule has 0 amide bonds. The van der Waals surface area contributed by atoms with Crippen molar-refractivity contribution < 1.29 is 31.0 Å². The molecule has 0 saturated heterocycles. The fourth-order valence-electron chi connectivity index (χ4n) is 0.712. The number of nitrogens with zero attached hydrogens (tertiary/aromatic N) is 1. The summed E-state index contributed by atoms with van der Waals surface area (Å²) in [7, 11) is 2.10. The second kappa shape index (κ2) is 4.34. The normalized spacial score (nSPS) is 26.7. The van der Waals surface area contributed by atoms with E-state index >= 15 is 0 Å². The molecule has 1 heterocycles. The van der Waals surface area contributed by atoms with Gasteiger partial charge in [0, 0.05) is 6.54 Å². The minimum Gasteiger partial charge on any atom is -1.00 e. The van der Waals surface area contributed by atoms with Crippen molar-refractivity contribution in [3.63, 3.8) is 0 Å². The van der Waals surface area contributed by atoms with Crippen molar-refractivity contribution in [2.45, 2.75) is 13.1 Å². The molecule has 1 rings (SSSR count). The molecule has 2 nitrogen and oxygen atoms in total. The minimum absolute atomic E-state index is 0. The second-order valence-electron chi connectivity index (χ2n) is 2.18. The number of nitrogens with one attached hydrogen (secondary N) is 1. The molecule has 0 fully saturated rings. The first-order valence-electron chi connectivity index (χ1n) is 2.92. The maximum absolute atomic E-state index is 3.18. The predicted octanol–water partition coefficient (Wildman–Crippen LogP) is -2.50. The summed E-state index contributed by atoms with van der Waals surface area (Å²) in [5.41, 5.74) is 0. The zero-order valence-electron chi connectivity index (χ0n) is 7.39. The molecule has 1 atom stereocenters. The van der Waals surface area contributed by atoms with E-state index in [1.165, 1.54) is 0 Å². The minimum atomic E-state index is 0. The van der Waals surface area contributed by atoms with Gasteiger partial charge in [0.15, 0.2) is 0 Å². The van der Waals surface area contributed by atoms with E-state index in [0.717, 1.165) is 6.54 Å². The van der Waals surface area contributed by atoms with Crippen LogP contribution in [0.2, 0.25) is 0 Å². The van der Waals surface area contributed by atoms with Gasteiger partial charge < -0.3 is 6.74 Å². The summed E-state index contributed by atoms with van der Waals surface area (Å²) in [5, 5.41) is 3.18. The van der Waals surface area contributed by atoms with Crippen LogP contribution in [0, 0.1) is 0 Å². The Bertz CT molecular complexity index is 95.9. The Morgan fingerprint density at radius 1 is 1.78 bits per heavy atom. The van der Waals surface area contributed by atoms with E-state index < -0.39 is 0 Å². The molecule has 1 aliphatic rings. The number of hydrogen-bond acceptors (Lipinski definition) is 2. The SMILES string of the molecule is CC1NC=CCN1C.[H-].[Na+]. The fraction of sp³-hybridized carbons (Fsp3) is 0.667.